The van der Waals surface area contributed by atoms with Gasteiger partial charge in [-0.15, -0.1) is 0 Å². The van der Waals surface area contributed by atoms with Gasteiger partial charge in [0.05, 0.1) is 27.9 Å². The number of carbonyl (C=O) groups excluding carboxylic acids is 1. The molecule has 0 amide bonds. The molecule has 0 unspecified atom stereocenters. The summed E-state index contributed by atoms with van der Waals surface area (Å²) in [6.07, 6.45) is 0.959. The molecule has 0 atom stereocenters. The maximum absolute atomic E-state index is 12.5. The summed E-state index contributed by atoms with van der Waals surface area (Å²) in [7, 11) is 0. The first-order valence-corrected chi connectivity index (χ1v) is 7.77. The number of Topliss-reactive ketones (excluding diaryl/α,β-unsaturated/α-hetero) is 1. The predicted octanol–water partition coefficient (Wildman–Crippen LogP) is 4.51. The zero-order valence-corrected chi connectivity index (χ0v) is 13.9. The number of aromatic nitrogens is 2. The normalized spacial score (nSPS) is 10.9. The summed E-state index contributed by atoms with van der Waals surface area (Å²) >= 11 is 12.6. The molecular weight excluding hydrogens is 307 g/mol. The minimum atomic E-state index is -0.0390. The van der Waals surface area contributed by atoms with Crippen molar-refractivity contribution in [3.05, 3.63) is 50.8 Å². The van der Waals surface area contributed by atoms with Gasteiger partial charge in [0.15, 0.2) is 5.78 Å². The lowest BCUT2D eigenvalue weighted by Gasteiger charge is -2.08. The van der Waals surface area contributed by atoms with Crippen LogP contribution in [0.3, 0.4) is 0 Å². The number of nitrogens with zero attached hydrogens (tertiary/aromatic N) is 2. The van der Waals surface area contributed by atoms with Crippen LogP contribution in [0.15, 0.2) is 18.2 Å². The third-order valence-corrected chi connectivity index (χ3v) is 4.45. The molecule has 2 aromatic rings. The number of benzene rings is 1. The third-order valence-electron chi connectivity index (χ3n) is 3.51. The molecule has 5 heteroatoms. The fourth-order valence-corrected chi connectivity index (χ4v) is 2.86. The molecule has 0 saturated carbocycles. The number of carbonyl (C=O) groups is 1. The highest BCUT2D eigenvalue weighted by Crippen LogP contribution is 2.26. The average Bonchev–Trinajstić information content (AvgIpc) is 2.78. The molecule has 112 valence electrons. The number of halogens is 2. The molecule has 0 saturated heterocycles. The molecule has 1 heterocycles. The lowest BCUT2D eigenvalue weighted by Crippen LogP contribution is -2.11. The Morgan fingerprint density at radius 2 is 1.95 bits per heavy atom. The van der Waals surface area contributed by atoms with Crippen molar-refractivity contribution < 1.29 is 4.79 Å². The largest absolute Gasteiger partial charge is 0.294 e. The summed E-state index contributed by atoms with van der Waals surface area (Å²) in [5.41, 5.74) is 3.02. The Morgan fingerprint density at radius 1 is 1.24 bits per heavy atom. The minimum Gasteiger partial charge on any atom is -0.294 e. The standard InChI is InChI=1S/C16H18Cl2N2O/c1-4-12-16(18)13(20(5-2)19-12)9-14(21)11-8-6-7-10(3)15(11)17/h6-8H,4-5,9H2,1-3H3. The van der Waals surface area contributed by atoms with E-state index in [4.69, 9.17) is 23.2 Å². The number of aryl methyl sites for hydroxylation is 3. The molecule has 0 N–H and O–H groups in total. The van der Waals surface area contributed by atoms with Crippen LogP contribution >= 0.6 is 23.2 Å². The van der Waals surface area contributed by atoms with Crippen LogP contribution in [0.4, 0.5) is 0 Å². The van der Waals surface area contributed by atoms with Crippen molar-refractivity contribution in [3.63, 3.8) is 0 Å². The van der Waals surface area contributed by atoms with Gasteiger partial charge in [-0.3, -0.25) is 9.48 Å². The minimum absolute atomic E-state index is 0.0390. The second kappa shape index (κ2) is 6.63. The van der Waals surface area contributed by atoms with Gasteiger partial charge in [0.2, 0.25) is 0 Å². The zero-order valence-electron chi connectivity index (χ0n) is 12.4. The average molecular weight is 325 g/mol. The van der Waals surface area contributed by atoms with E-state index in [-0.39, 0.29) is 12.2 Å². The van der Waals surface area contributed by atoms with Crippen LogP contribution < -0.4 is 0 Å². The molecule has 0 aliphatic carbocycles. The second-order valence-electron chi connectivity index (χ2n) is 4.91. The lowest BCUT2D eigenvalue weighted by molar-refractivity contribution is 0.0990. The van der Waals surface area contributed by atoms with Gasteiger partial charge in [-0.2, -0.15) is 5.10 Å². The fraction of sp³-hybridized carbons (Fsp3) is 0.375. The smallest absolute Gasteiger partial charge is 0.170 e. The molecule has 2 rings (SSSR count). The van der Waals surface area contributed by atoms with Gasteiger partial charge in [0, 0.05) is 12.1 Å². The molecule has 0 radical (unpaired) electrons. The quantitative estimate of drug-likeness (QED) is 0.758. The van der Waals surface area contributed by atoms with E-state index < -0.39 is 0 Å². The van der Waals surface area contributed by atoms with E-state index in [0.29, 0.717) is 22.2 Å². The topological polar surface area (TPSA) is 34.9 Å². The van der Waals surface area contributed by atoms with Crippen molar-refractivity contribution in [3.8, 4) is 0 Å². The molecule has 0 spiro atoms. The van der Waals surface area contributed by atoms with E-state index in [1.165, 1.54) is 0 Å². The van der Waals surface area contributed by atoms with Crippen molar-refractivity contribution in [2.24, 2.45) is 0 Å². The number of rotatable bonds is 5. The maximum atomic E-state index is 12.5. The van der Waals surface area contributed by atoms with Crippen LogP contribution in [0.25, 0.3) is 0 Å². The fourth-order valence-electron chi connectivity index (χ4n) is 2.30. The Morgan fingerprint density at radius 3 is 2.57 bits per heavy atom. The first kappa shape index (κ1) is 16.1. The van der Waals surface area contributed by atoms with Crippen LogP contribution in [0.5, 0.6) is 0 Å². The van der Waals surface area contributed by atoms with Crippen molar-refractivity contribution >= 4 is 29.0 Å². The lowest BCUT2D eigenvalue weighted by atomic mass is 10.0. The Balaban J connectivity index is 2.36. The van der Waals surface area contributed by atoms with E-state index in [1.54, 1.807) is 10.7 Å². The maximum Gasteiger partial charge on any atom is 0.170 e. The summed E-state index contributed by atoms with van der Waals surface area (Å²) in [6, 6.07) is 5.47. The number of hydrogen-bond donors (Lipinski definition) is 0. The molecule has 21 heavy (non-hydrogen) atoms. The van der Waals surface area contributed by atoms with Crippen LogP contribution in [-0.4, -0.2) is 15.6 Å². The first-order chi connectivity index (χ1) is 9.99. The highest BCUT2D eigenvalue weighted by molar-refractivity contribution is 6.35. The van der Waals surface area contributed by atoms with Gasteiger partial charge >= 0.3 is 0 Å². The summed E-state index contributed by atoms with van der Waals surface area (Å²) < 4.78 is 1.79. The predicted molar refractivity (Wildman–Crippen MR) is 86.5 cm³/mol. The van der Waals surface area contributed by atoms with Crippen molar-refractivity contribution in [2.75, 3.05) is 0 Å². The second-order valence-corrected chi connectivity index (χ2v) is 5.67. The highest BCUT2D eigenvalue weighted by Gasteiger charge is 2.19. The number of ketones is 1. The van der Waals surface area contributed by atoms with E-state index in [2.05, 4.69) is 5.10 Å². The molecule has 1 aromatic heterocycles. The molecule has 3 nitrogen and oxygen atoms in total. The van der Waals surface area contributed by atoms with E-state index >= 15 is 0 Å². The first-order valence-electron chi connectivity index (χ1n) is 7.01. The number of hydrogen-bond acceptors (Lipinski definition) is 2. The third kappa shape index (κ3) is 3.14. The van der Waals surface area contributed by atoms with Crippen molar-refractivity contribution in [1.82, 2.24) is 9.78 Å². The van der Waals surface area contributed by atoms with Crippen molar-refractivity contribution in [1.29, 1.82) is 0 Å². The Labute approximate surface area is 134 Å². The van der Waals surface area contributed by atoms with Crippen LogP contribution in [-0.2, 0) is 19.4 Å². The molecule has 0 aliphatic rings. The zero-order chi connectivity index (χ0) is 15.6. The van der Waals surface area contributed by atoms with Gasteiger partial charge in [-0.25, -0.2) is 0 Å². The molecule has 1 aromatic carbocycles. The van der Waals surface area contributed by atoms with Crippen LogP contribution in [0, 0.1) is 6.92 Å². The Hall–Kier alpha value is -1.32. The molecule has 0 fully saturated rings. The molecule has 0 aliphatic heterocycles. The monoisotopic (exact) mass is 324 g/mol. The Bertz CT molecular complexity index is 677. The summed E-state index contributed by atoms with van der Waals surface area (Å²) in [6.45, 7) is 6.55. The van der Waals surface area contributed by atoms with Gasteiger partial charge in [-0.1, -0.05) is 42.3 Å². The van der Waals surface area contributed by atoms with E-state index in [0.717, 1.165) is 23.4 Å². The van der Waals surface area contributed by atoms with Gasteiger partial charge < -0.3 is 0 Å². The van der Waals surface area contributed by atoms with Crippen molar-refractivity contribution in [2.45, 2.75) is 40.2 Å². The van der Waals surface area contributed by atoms with Gasteiger partial charge in [0.25, 0.3) is 0 Å². The summed E-state index contributed by atoms with van der Waals surface area (Å²) in [4.78, 5) is 12.5. The molecule has 0 bridgehead atoms. The Kier molecular flexibility index (Phi) is 5.07. The molecular formula is C16H18Cl2N2O. The summed E-state index contributed by atoms with van der Waals surface area (Å²) in [5, 5.41) is 5.54. The van der Waals surface area contributed by atoms with Crippen LogP contribution in [0.2, 0.25) is 10.0 Å². The van der Waals surface area contributed by atoms with Gasteiger partial charge in [0.1, 0.15) is 0 Å². The van der Waals surface area contributed by atoms with E-state index in [9.17, 15) is 4.79 Å². The van der Waals surface area contributed by atoms with Crippen LogP contribution in [0.1, 0.15) is 41.2 Å². The SMILES string of the molecule is CCc1nn(CC)c(CC(=O)c2cccc(C)c2Cl)c1Cl. The van der Waals surface area contributed by atoms with E-state index in [1.807, 2.05) is 32.9 Å². The van der Waals surface area contributed by atoms with Gasteiger partial charge in [-0.05, 0) is 31.9 Å². The highest BCUT2D eigenvalue weighted by atomic mass is 35.5. The summed E-state index contributed by atoms with van der Waals surface area (Å²) in [5.74, 6) is -0.0390.